The smallest absolute Gasteiger partial charge is 0.229 e. The fourth-order valence-electron chi connectivity index (χ4n) is 6.61. The molecule has 0 bridgehead atoms. The largest absolute Gasteiger partial charge is 0.379 e. The molecule has 6 rings (SSSR count). The summed E-state index contributed by atoms with van der Waals surface area (Å²) in [5, 5.41) is 9.62. The number of nitrogens with one attached hydrogen (secondary N) is 1. The van der Waals surface area contributed by atoms with Gasteiger partial charge in [-0.3, -0.25) is 14.4 Å². The van der Waals surface area contributed by atoms with E-state index in [4.69, 9.17) is 4.74 Å². The van der Waals surface area contributed by atoms with Gasteiger partial charge < -0.3 is 15.0 Å². The molecule has 196 valence electrons. The molecular weight excluding hydrogens is 464 g/mol. The Balaban J connectivity index is 1.16. The first-order valence-electron chi connectivity index (χ1n) is 13.6. The van der Waals surface area contributed by atoms with Gasteiger partial charge in [0, 0.05) is 80.7 Å². The molecule has 3 aromatic rings. The van der Waals surface area contributed by atoms with E-state index < -0.39 is 0 Å². The lowest BCUT2D eigenvalue weighted by Gasteiger charge is -2.44. The lowest BCUT2D eigenvalue weighted by Crippen LogP contribution is -2.56. The van der Waals surface area contributed by atoms with Crippen LogP contribution in [-0.4, -0.2) is 70.5 Å². The predicted octanol–water partition coefficient (Wildman–Crippen LogP) is 3.96. The highest BCUT2D eigenvalue weighted by atomic mass is 16.5. The van der Waals surface area contributed by atoms with E-state index in [0.717, 1.165) is 68.6 Å². The Morgan fingerprint density at radius 2 is 1.97 bits per heavy atom. The van der Waals surface area contributed by atoms with E-state index in [1.54, 1.807) is 0 Å². The van der Waals surface area contributed by atoms with E-state index in [-0.39, 0.29) is 23.3 Å². The van der Waals surface area contributed by atoms with Crippen LogP contribution < -0.4 is 10.2 Å². The van der Waals surface area contributed by atoms with Crippen LogP contribution in [-0.2, 0) is 16.6 Å². The van der Waals surface area contributed by atoms with Crippen LogP contribution in [0.15, 0.2) is 36.8 Å². The maximum atomic E-state index is 13.2. The first-order valence-corrected chi connectivity index (χ1v) is 13.6. The molecule has 0 unspecified atom stereocenters. The summed E-state index contributed by atoms with van der Waals surface area (Å²) in [6, 6.07) is 6.50. The summed E-state index contributed by atoms with van der Waals surface area (Å²) in [5.74, 6) is 1.25. The summed E-state index contributed by atoms with van der Waals surface area (Å²) in [6.07, 6.45) is 7.89. The maximum Gasteiger partial charge on any atom is 0.229 e. The number of hydrogen-bond acceptors (Lipinski definition) is 6. The van der Waals surface area contributed by atoms with Gasteiger partial charge >= 0.3 is 0 Å². The van der Waals surface area contributed by atoms with Crippen molar-refractivity contribution in [1.29, 1.82) is 0 Å². The standard InChI is InChI=1S/C29H38N6O2/c1-5-23-26(22-16-31-33(4)17-22)27(23)28(36)32-25-14-20-13-24(19(2)12-21(20)15-30-25)34-7-9-35(10-8-34)29(3)6-11-37-18-29/h12-17,23,26-27H,5-11,18H2,1-4H3,(H,30,32,36)/t23-,26+,27+,29+/m1/s1. The molecule has 37 heavy (non-hydrogen) atoms. The Morgan fingerprint density at radius 1 is 1.16 bits per heavy atom. The van der Waals surface area contributed by atoms with Crippen LogP contribution in [0.5, 0.6) is 0 Å². The van der Waals surface area contributed by atoms with Crippen molar-refractivity contribution in [3.8, 4) is 0 Å². The molecule has 2 aliphatic heterocycles. The van der Waals surface area contributed by atoms with Gasteiger partial charge in [0.1, 0.15) is 5.82 Å². The van der Waals surface area contributed by atoms with Gasteiger partial charge in [0.15, 0.2) is 0 Å². The van der Waals surface area contributed by atoms with Gasteiger partial charge in [0.25, 0.3) is 0 Å². The molecule has 3 fully saturated rings. The number of nitrogens with zero attached hydrogens (tertiary/aromatic N) is 5. The lowest BCUT2D eigenvalue weighted by molar-refractivity contribution is -0.117. The third-order valence-electron chi connectivity index (χ3n) is 8.92. The average Bonchev–Trinajstić information content (AvgIpc) is 3.18. The fourth-order valence-corrected chi connectivity index (χ4v) is 6.61. The summed E-state index contributed by atoms with van der Waals surface area (Å²) in [7, 11) is 1.92. The third kappa shape index (κ3) is 4.50. The van der Waals surface area contributed by atoms with Crippen LogP contribution in [0.1, 0.15) is 43.7 Å². The van der Waals surface area contributed by atoms with Crippen molar-refractivity contribution in [2.24, 2.45) is 18.9 Å². The Hall–Kier alpha value is -2.97. The van der Waals surface area contributed by atoms with E-state index in [1.165, 1.54) is 11.3 Å². The molecule has 1 saturated carbocycles. The van der Waals surface area contributed by atoms with Crippen molar-refractivity contribution in [3.05, 3.63) is 47.9 Å². The number of fused-ring (bicyclic) bond motifs is 1. The molecule has 4 atom stereocenters. The zero-order valence-electron chi connectivity index (χ0n) is 22.4. The monoisotopic (exact) mass is 502 g/mol. The number of hydrogen-bond donors (Lipinski definition) is 1. The second-order valence-corrected chi connectivity index (χ2v) is 11.4. The maximum absolute atomic E-state index is 13.2. The van der Waals surface area contributed by atoms with Gasteiger partial charge in [-0.2, -0.15) is 5.10 Å². The van der Waals surface area contributed by atoms with Gasteiger partial charge in [0.2, 0.25) is 5.91 Å². The van der Waals surface area contributed by atoms with Gasteiger partial charge in [0.05, 0.1) is 12.8 Å². The molecule has 2 aromatic heterocycles. The van der Waals surface area contributed by atoms with E-state index >= 15 is 0 Å². The van der Waals surface area contributed by atoms with Crippen LogP contribution in [0.25, 0.3) is 10.8 Å². The second-order valence-electron chi connectivity index (χ2n) is 11.4. The molecular formula is C29H38N6O2. The summed E-state index contributed by atoms with van der Waals surface area (Å²) >= 11 is 0. The van der Waals surface area contributed by atoms with Crippen molar-refractivity contribution in [3.63, 3.8) is 0 Å². The summed E-state index contributed by atoms with van der Waals surface area (Å²) in [5.41, 5.74) is 3.86. The Labute approximate surface area is 219 Å². The highest BCUT2D eigenvalue weighted by Crippen LogP contribution is 2.56. The van der Waals surface area contributed by atoms with Gasteiger partial charge in [-0.25, -0.2) is 4.98 Å². The Morgan fingerprint density at radius 3 is 2.65 bits per heavy atom. The van der Waals surface area contributed by atoms with Crippen LogP contribution in [0.2, 0.25) is 0 Å². The number of carbonyl (C=O) groups excluding carboxylic acids is 1. The topological polar surface area (TPSA) is 75.5 Å². The average molecular weight is 503 g/mol. The number of anilines is 2. The van der Waals surface area contributed by atoms with Crippen LogP contribution >= 0.6 is 0 Å². The summed E-state index contributed by atoms with van der Waals surface area (Å²) in [4.78, 5) is 22.9. The number of amides is 1. The van der Waals surface area contributed by atoms with Gasteiger partial charge in [-0.15, -0.1) is 0 Å². The first-order chi connectivity index (χ1) is 17.9. The molecule has 1 N–H and O–H groups in total. The number of benzene rings is 1. The van der Waals surface area contributed by atoms with E-state index in [1.807, 2.05) is 36.4 Å². The molecule has 1 aromatic carbocycles. The first kappa shape index (κ1) is 24.4. The van der Waals surface area contributed by atoms with E-state index in [2.05, 4.69) is 58.1 Å². The Bertz CT molecular complexity index is 1300. The van der Waals surface area contributed by atoms with Crippen molar-refractivity contribution in [1.82, 2.24) is 19.7 Å². The third-order valence-corrected chi connectivity index (χ3v) is 8.92. The Kier molecular flexibility index (Phi) is 6.19. The molecule has 4 heterocycles. The number of carbonyl (C=O) groups is 1. The van der Waals surface area contributed by atoms with Crippen molar-refractivity contribution in [2.45, 2.75) is 45.1 Å². The SMILES string of the molecule is CC[C@H]1[C@H](C(=O)Nc2cc3cc(N4CCN([C@@]5(C)CCOC5)CC4)c(C)cc3cn2)[C@H]1c1cnn(C)c1. The fraction of sp³-hybridized carbons (Fsp3) is 0.552. The van der Waals surface area contributed by atoms with Crippen LogP contribution in [0, 0.1) is 18.8 Å². The quantitative estimate of drug-likeness (QED) is 0.550. The molecule has 8 heteroatoms. The lowest BCUT2D eigenvalue weighted by atomic mass is 9.97. The molecule has 0 radical (unpaired) electrons. The number of pyridine rings is 1. The molecule has 1 amide bonds. The normalized spacial score (nSPS) is 28.1. The van der Waals surface area contributed by atoms with Gasteiger partial charge in [-0.1, -0.05) is 13.3 Å². The number of ether oxygens (including phenoxy) is 1. The van der Waals surface area contributed by atoms with Crippen LogP contribution in [0.4, 0.5) is 11.5 Å². The minimum Gasteiger partial charge on any atom is -0.379 e. The number of rotatable bonds is 6. The van der Waals surface area contributed by atoms with E-state index in [0.29, 0.717) is 11.7 Å². The van der Waals surface area contributed by atoms with Crippen LogP contribution in [0.3, 0.4) is 0 Å². The van der Waals surface area contributed by atoms with Crippen molar-refractivity contribution < 1.29 is 9.53 Å². The minimum atomic E-state index is -0.0244. The van der Waals surface area contributed by atoms with Crippen molar-refractivity contribution >= 4 is 28.2 Å². The number of aromatic nitrogens is 3. The van der Waals surface area contributed by atoms with Crippen molar-refractivity contribution in [2.75, 3.05) is 49.6 Å². The highest BCUT2D eigenvalue weighted by molar-refractivity contribution is 5.97. The molecule has 8 nitrogen and oxygen atoms in total. The minimum absolute atomic E-state index is 0.0244. The molecule has 0 spiro atoms. The van der Waals surface area contributed by atoms with Gasteiger partial charge in [-0.05, 0) is 60.9 Å². The summed E-state index contributed by atoms with van der Waals surface area (Å²) in [6.45, 7) is 12.5. The highest BCUT2D eigenvalue weighted by Gasteiger charge is 2.54. The zero-order chi connectivity index (χ0) is 25.7. The second kappa shape index (κ2) is 9.40. The predicted molar refractivity (Wildman–Crippen MR) is 146 cm³/mol. The number of aryl methyl sites for hydroxylation is 2. The molecule has 2 saturated heterocycles. The van der Waals surface area contributed by atoms with E-state index in [9.17, 15) is 4.79 Å². The molecule has 3 aliphatic rings. The molecule has 1 aliphatic carbocycles. The number of piperazine rings is 1. The summed E-state index contributed by atoms with van der Waals surface area (Å²) < 4.78 is 7.50. The zero-order valence-corrected chi connectivity index (χ0v) is 22.4.